The Labute approximate surface area is 168 Å². The van der Waals surface area contributed by atoms with Gasteiger partial charge in [-0.3, -0.25) is 0 Å². The van der Waals surface area contributed by atoms with E-state index in [9.17, 15) is 20.4 Å². The Morgan fingerprint density at radius 1 is 0.828 bits per heavy atom. The zero-order valence-corrected chi connectivity index (χ0v) is 16.2. The second kappa shape index (κ2) is 7.99. The lowest BCUT2D eigenvalue weighted by molar-refractivity contribution is -0.198. The van der Waals surface area contributed by atoms with Gasteiger partial charge in [-0.2, -0.15) is 0 Å². The molecule has 4 N–H and O–H groups in total. The number of fused-ring (bicyclic) bond motifs is 2. The van der Waals surface area contributed by atoms with Crippen molar-refractivity contribution in [2.75, 3.05) is 13.2 Å². The highest BCUT2D eigenvalue weighted by Crippen LogP contribution is 2.47. The van der Waals surface area contributed by atoms with Gasteiger partial charge >= 0.3 is 0 Å². The molecule has 3 aromatic rings. The molecule has 154 valence electrons. The van der Waals surface area contributed by atoms with Crippen LogP contribution in [0.1, 0.15) is 18.9 Å². The van der Waals surface area contributed by atoms with Crippen LogP contribution in [0.15, 0.2) is 54.6 Å². The molecule has 6 nitrogen and oxygen atoms in total. The fourth-order valence-electron chi connectivity index (χ4n) is 4.29. The average molecular weight is 398 g/mol. The molecule has 4 rings (SSSR count). The zero-order valence-electron chi connectivity index (χ0n) is 16.2. The number of hydrogen-bond acceptors (Lipinski definition) is 6. The summed E-state index contributed by atoms with van der Waals surface area (Å²) in [5, 5.41) is 43.6. The van der Waals surface area contributed by atoms with Gasteiger partial charge < -0.3 is 29.9 Å². The van der Waals surface area contributed by atoms with Crippen LogP contribution in [-0.4, -0.2) is 58.1 Å². The van der Waals surface area contributed by atoms with E-state index in [1.807, 2.05) is 55.5 Å². The molecule has 1 saturated heterocycles. The van der Waals surface area contributed by atoms with Crippen molar-refractivity contribution in [1.82, 2.24) is 0 Å². The summed E-state index contributed by atoms with van der Waals surface area (Å²) in [5.41, 5.74) is 0.816. The first kappa shape index (κ1) is 20.2. The van der Waals surface area contributed by atoms with E-state index >= 15 is 0 Å². The Morgan fingerprint density at radius 2 is 1.28 bits per heavy atom. The molecule has 6 heteroatoms. The fourth-order valence-corrected chi connectivity index (χ4v) is 4.29. The fraction of sp³-hybridized carbons (Fsp3) is 0.391. The first-order chi connectivity index (χ1) is 14.0. The molecule has 0 saturated carbocycles. The van der Waals surface area contributed by atoms with E-state index in [1.165, 1.54) is 0 Å². The smallest absolute Gasteiger partial charge is 0.196 e. The average Bonchev–Trinajstić information content (AvgIpc) is 3.17. The van der Waals surface area contributed by atoms with Crippen molar-refractivity contribution < 1.29 is 29.9 Å². The van der Waals surface area contributed by atoms with Crippen LogP contribution in [0, 0.1) is 0 Å². The van der Waals surface area contributed by atoms with Crippen molar-refractivity contribution in [3.8, 4) is 0 Å². The van der Waals surface area contributed by atoms with Crippen molar-refractivity contribution in [3.05, 3.63) is 60.2 Å². The number of ether oxygens (including phenoxy) is 2. The van der Waals surface area contributed by atoms with Crippen LogP contribution >= 0.6 is 0 Å². The molecular formula is C23H26O6. The van der Waals surface area contributed by atoms with Crippen LogP contribution in [0.5, 0.6) is 0 Å². The zero-order chi connectivity index (χ0) is 20.6. The third kappa shape index (κ3) is 3.32. The highest BCUT2D eigenvalue weighted by atomic mass is 16.8. The Hall–Kier alpha value is -2.06. The summed E-state index contributed by atoms with van der Waals surface area (Å²) in [6, 6.07) is 17.9. The molecule has 0 radical (unpaired) electrons. The van der Waals surface area contributed by atoms with Gasteiger partial charge in [-0.25, -0.2) is 0 Å². The maximum absolute atomic E-state index is 10.3. The Bertz CT molecular complexity index is 931. The van der Waals surface area contributed by atoms with Crippen molar-refractivity contribution in [2.24, 2.45) is 0 Å². The van der Waals surface area contributed by atoms with Crippen LogP contribution in [-0.2, 0) is 15.3 Å². The summed E-state index contributed by atoms with van der Waals surface area (Å²) >= 11 is 0. The molecule has 0 unspecified atom stereocenters. The number of rotatable bonds is 6. The lowest BCUT2D eigenvalue weighted by atomic mass is 9.90. The van der Waals surface area contributed by atoms with Gasteiger partial charge in [-0.15, -0.1) is 0 Å². The summed E-state index contributed by atoms with van der Waals surface area (Å²) in [6.07, 6.45) is -4.07. The monoisotopic (exact) mass is 398 g/mol. The third-order valence-electron chi connectivity index (χ3n) is 5.73. The minimum absolute atomic E-state index is 0.411. The summed E-state index contributed by atoms with van der Waals surface area (Å²) < 4.78 is 12.6. The maximum Gasteiger partial charge on any atom is 0.196 e. The molecule has 1 aliphatic heterocycles. The molecular weight excluding hydrogens is 372 g/mol. The Morgan fingerprint density at radius 3 is 1.69 bits per heavy atom. The van der Waals surface area contributed by atoms with Crippen LogP contribution in [0.4, 0.5) is 0 Å². The van der Waals surface area contributed by atoms with E-state index in [-0.39, 0.29) is 0 Å². The Balaban J connectivity index is 1.96. The molecule has 0 aromatic heterocycles. The van der Waals surface area contributed by atoms with Gasteiger partial charge in [0.1, 0.15) is 24.4 Å². The van der Waals surface area contributed by atoms with E-state index in [2.05, 4.69) is 6.07 Å². The highest BCUT2D eigenvalue weighted by molar-refractivity contribution is 6.02. The molecule has 3 aromatic carbocycles. The van der Waals surface area contributed by atoms with E-state index < -0.39 is 43.4 Å². The summed E-state index contributed by atoms with van der Waals surface area (Å²) in [7, 11) is 0. The van der Waals surface area contributed by atoms with Gasteiger partial charge in [-0.1, -0.05) is 55.5 Å². The van der Waals surface area contributed by atoms with Crippen molar-refractivity contribution in [1.29, 1.82) is 0 Å². The van der Waals surface area contributed by atoms with E-state index in [4.69, 9.17) is 9.47 Å². The quantitative estimate of drug-likeness (QED) is 0.475. The van der Waals surface area contributed by atoms with Crippen molar-refractivity contribution >= 4 is 21.5 Å². The maximum atomic E-state index is 10.3. The molecule has 0 amide bonds. The molecule has 1 fully saturated rings. The standard InChI is InChI=1S/C23H26O6/c1-2-23(28-21(18(26)12-24)22(29-23)19(27)13-25)20-16-9-5-3-7-14(16)11-15-8-4-6-10-17(15)20/h3-11,18-19,21-22,24-27H,2,12-13H2,1H3/t18-,19-,21-,22-/m1/s1. The third-order valence-corrected chi connectivity index (χ3v) is 5.73. The normalized spacial score (nSPS) is 23.5. The topological polar surface area (TPSA) is 99.4 Å². The minimum Gasteiger partial charge on any atom is -0.394 e. The van der Waals surface area contributed by atoms with Gasteiger partial charge in [0.15, 0.2) is 5.79 Å². The van der Waals surface area contributed by atoms with Gasteiger partial charge in [0.05, 0.1) is 13.2 Å². The van der Waals surface area contributed by atoms with Crippen LogP contribution in [0.3, 0.4) is 0 Å². The largest absolute Gasteiger partial charge is 0.394 e. The Kier molecular flexibility index (Phi) is 5.57. The SMILES string of the molecule is CCC1(c2c3ccccc3cc3ccccc23)O[C@H]([C@H](O)CO)[C@@H]([C@H](O)CO)O1. The van der Waals surface area contributed by atoms with Gasteiger partial charge in [0.2, 0.25) is 0 Å². The highest BCUT2D eigenvalue weighted by Gasteiger charge is 2.53. The van der Waals surface area contributed by atoms with E-state index in [1.54, 1.807) is 0 Å². The molecule has 1 aliphatic rings. The first-order valence-electron chi connectivity index (χ1n) is 9.89. The number of hydrogen-bond donors (Lipinski definition) is 4. The van der Waals surface area contributed by atoms with Crippen molar-refractivity contribution in [2.45, 2.75) is 43.5 Å². The molecule has 29 heavy (non-hydrogen) atoms. The lowest BCUT2D eigenvalue weighted by Gasteiger charge is -2.31. The van der Waals surface area contributed by atoms with Crippen LogP contribution in [0.2, 0.25) is 0 Å². The molecule has 0 aliphatic carbocycles. The van der Waals surface area contributed by atoms with Crippen LogP contribution < -0.4 is 0 Å². The van der Waals surface area contributed by atoms with Crippen molar-refractivity contribution in [3.63, 3.8) is 0 Å². The summed E-state index contributed by atoms with van der Waals surface area (Å²) in [6.45, 7) is 0.824. The van der Waals surface area contributed by atoms with Gasteiger partial charge in [0.25, 0.3) is 0 Å². The van der Waals surface area contributed by atoms with E-state index in [0.717, 1.165) is 27.1 Å². The predicted octanol–water partition coefficient (Wildman–Crippen LogP) is 2.05. The second-order valence-electron chi connectivity index (χ2n) is 7.47. The number of aliphatic hydroxyl groups excluding tert-OH is 4. The number of benzene rings is 3. The predicted molar refractivity (Wildman–Crippen MR) is 109 cm³/mol. The second-order valence-corrected chi connectivity index (χ2v) is 7.47. The van der Waals surface area contributed by atoms with E-state index in [0.29, 0.717) is 6.42 Å². The summed E-state index contributed by atoms with van der Waals surface area (Å²) in [4.78, 5) is 0. The lowest BCUT2D eigenvalue weighted by Crippen LogP contribution is -2.45. The van der Waals surface area contributed by atoms with Gasteiger partial charge in [0, 0.05) is 12.0 Å². The first-order valence-corrected chi connectivity index (χ1v) is 9.89. The molecule has 1 heterocycles. The minimum atomic E-state index is -1.25. The number of aliphatic hydroxyl groups is 4. The van der Waals surface area contributed by atoms with Gasteiger partial charge in [-0.05, 0) is 27.6 Å². The molecule has 4 atom stereocenters. The van der Waals surface area contributed by atoms with Crippen LogP contribution in [0.25, 0.3) is 21.5 Å². The summed E-state index contributed by atoms with van der Waals surface area (Å²) in [5.74, 6) is -1.25. The molecule has 0 bridgehead atoms. The molecule has 0 spiro atoms.